The smallest absolute Gasteiger partial charge is 0.235 e. The minimum atomic E-state index is -0.581. The molecule has 96 valence electrons. The Labute approximate surface area is 106 Å². The number of amides is 2. The second kappa shape index (κ2) is 4.53. The average molecular weight is 247 g/mol. The Morgan fingerprint density at radius 1 is 1.17 bits per heavy atom. The number of hydrogen-bond acceptors (Lipinski definition) is 3. The topological polar surface area (TPSA) is 57.6 Å². The van der Waals surface area contributed by atoms with Crippen LogP contribution in [-0.4, -0.2) is 21.8 Å². The maximum absolute atomic E-state index is 12.0. The summed E-state index contributed by atoms with van der Waals surface area (Å²) in [5.74, 6) is -0.227. The number of nitrogens with zero attached hydrogens (tertiary/aromatic N) is 1. The van der Waals surface area contributed by atoms with Crippen molar-refractivity contribution in [3.63, 3.8) is 0 Å². The molecule has 4 heteroatoms. The quantitative estimate of drug-likeness (QED) is 0.823. The molecular weight excluding hydrogens is 230 g/mol. The van der Waals surface area contributed by atoms with Crippen molar-refractivity contribution in [2.24, 2.45) is 5.41 Å². The lowest BCUT2D eigenvalue weighted by atomic mass is 9.92. The molecule has 2 amide bonds. The van der Waals surface area contributed by atoms with Gasteiger partial charge in [-0.1, -0.05) is 38.1 Å². The summed E-state index contributed by atoms with van der Waals surface area (Å²) in [6.45, 7) is 3.89. The number of imide groups is 1. The van der Waals surface area contributed by atoms with Gasteiger partial charge in [0.2, 0.25) is 11.8 Å². The summed E-state index contributed by atoms with van der Waals surface area (Å²) >= 11 is 0. The zero-order chi connectivity index (χ0) is 13.3. The third kappa shape index (κ3) is 2.29. The van der Waals surface area contributed by atoms with Gasteiger partial charge in [0.15, 0.2) is 0 Å². The fraction of sp³-hybridized carbons (Fsp3) is 0.429. The molecule has 0 aromatic heterocycles. The fourth-order valence-corrected chi connectivity index (χ4v) is 2.12. The van der Waals surface area contributed by atoms with E-state index in [0.717, 1.165) is 11.1 Å². The van der Waals surface area contributed by atoms with Crippen molar-refractivity contribution in [2.75, 3.05) is 0 Å². The number of carbonyl (C=O) groups is 2. The van der Waals surface area contributed by atoms with Gasteiger partial charge in [0.25, 0.3) is 0 Å². The Morgan fingerprint density at radius 2 is 1.72 bits per heavy atom. The van der Waals surface area contributed by atoms with Crippen molar-refractivity contribution < 1.29 is 14.7 Å². The lowest BCUT2D eigenvalue weighted by Gasteiger charge is -2.17. The van der Waals surface area contributed by atoms with Crippen LogP contribution in [0, 0.1) is 5.41 Å². The van der Waals surface area contributed by atoms with E-state index in [-0.39, 0.29) is 24.8 Å². The first-order valence-electron chi connectivity index (χ1n) is 5.97. The molecule has 1 aliphatic heterocycles. The van der Waals surface area contributed by atoms with Crippen LogP contribution in [-0.2, 0) is 22.7 Å². The number of aliphatic hydroxyl groups excluding tert-OH is 1. The predicted molar refractivity (Wildman–Crippen MR) is 66.3 cm³/mol. The molecule has 0 bridgehead atoms. The van der Waals surface area contributed by atoms with E-state index < -0.39 is 5.41 Å². The number of hydrogen-bond donors (Lipinski definition) is 1. The van der Waals surface area contributed by atoms with E-state index in [1.807, 2.05) is 12.1 Å². The first kappa shape index (κ1) is 12.8. The van der Waals surface area contributed by atoms with Crippen LogP contribution in [0.5, 0.6) is 0 Å². The molecule has 0 radical (unpaired) electrons. The van der Waals surface area contributed by atoms with Gasteiger partial charge in [-0.25, -0.2) is 0 Å². The lowest BCUT2D eigenvalue weighted by molar-refractivity contribution is -0.141. The van der Waals surface area contributed by atoms with Gasteiger partial charge in [-0.2, -0.15) is 0 Å². The van der Waals surface area contributed by atoms with Gasteiger partial charge < -0.3 is 5.11 Å². The van der Waals surface area contributed by atoms with Crippen molar-refractivity contribution in [2.45, 2.75) is 33.4 Å². The van der Waals surface area contributed by atoms with Crippen LogP contribution in [0.25, 0.3) is 0 Å². The first-order valence-corrected chi connectivity index (χ1v) is 5.97. The average Bonchev–Trinajstić information content (AvgIpc) is 2.52. The monoisotopic (exact) mass is 247 g/mol. The first-order chi connectivity index (χ1) is 8.44. The molecule has 1 aromatic carbocycles. The molecule has 1 heterocycles. The molecule has 1 fully saturated rings. The van der Waals surface area contributed by atoms with E-state index >= 15 is 0 Å². The molecule has 0 aliphatic carbocycles. The molecule has 0 unspecified atom stereocenters. The van der Waals surface area contributed by atoms with Crippen LogP contribution < -0.4 is 0 Å². The van der Waals surface area contributed by atoms with E-state index in [9.17, 15) is 9.59 Å². The minimum absolute atomic E-state index is 0.00507. The Balaban J connectivity index is 2.14. The highest BCUT2D eigenvalue weighted by atomic mass is 16.3. The van der Waals surface area contributed by atoms with Gasteiger partial charge in [-0.3, -0.25) is 14.5 Å². The lowest BCUT2D eigenvalue weighted by Crippen LogP contribution is -2.32. The summed E-state index contributed by atoms with van der Waals surface area (Å²) in [4.78, 5) is 25.1. The largest absolute Gasteiger partial charge is 0.392 e. The zero-order valence-electron chi connectivity index (χ0n) is 10.6. The number of rotatable bonds is 3. The van der Waals surface area contributed by atoms with E-state index in [0.29, 0.717) is 6.54 Å². The Morgan fingerprint density at radius 3 is 2.17 bits per heavy atom. The van der Waals surface area contributed by atoms with Gasteiger partial charge in [-0.05, 0) is 11.1 Å². The van der Waals surface area contributed by atoms with Gasteiger partial charge >= 0.3 is 0 Å². The van der Waals surface area contributed by atoms with E-state index in [2.05, 4.69) is 0 Å². The molecule has 1 N–H and O–H groups in total. The molecule has 1 aliphatic rings. The highest BCUT2D eigenvalue weighted by Crippen LogP contribution is 2.32. The highest BCUT2D eigenvalue weighted by molar-refractivity contribution is 6.05. The second-order valence-electron chi connectivity index (χ2n) is 5.32. The molecule has 2 rings (SSSR count). The van der Waals surface area contributed by atoms with E-state index in [1.165, 1.54) is 4.90 Å². The summed E-state index contributed by atoms with van der Waals surface area (Å²) in [6, 6.07) is 7.26. The Hall–Kier alpha value is -1.68. The number of carbonyl (C=O) groups excluding carboxylic acids is 2. The normalized spacial score (nSPS) is 18.5. The summed E-state index contributed by atoms with van der Waals surface area (Å²) in [5, 5.41) is 8.95. The third-order valence-electron chi connectivity index (χ3n) is 3.26. The molecular formula is C14H17NO3. The van der Waals surface area contributed by atoms with Crippen LogP contribution in [0.1, 0.15) is 31.4 Å². The summed E-state index contributed by atoms with van der Waals surface area (Å²) in [5.41, 5.74) is 1.13. The van der Waals surface area contributed by atoms with Crippen LogP contribution in [0.2, 0.25) is 0 Å². The predicted octanol–water partition coefficient (Wildman–Crippen LogP) is 1.46. The zero-order valence-corrected chi connectivity index (χ0v) is 10.6. The van der Waals surface area contributed by atoms with Crippen LogP contribution in [0.3, 0.4) is 0 Å². The molecule has 1 aromatic rings. The van der Waals surface area contributed by atoms with Crippen LogP contribution >= 0.6 is 0 Å². The molecule has 0 saturated carbocycles. The fourth-order valence-electron chi connectivity index (χ4n) is 2.12. The van der Waals surface area contributed by atoms with Crippen LogP contribution in [0.15, 0.2) is 24.3 Å². The molecule has 4 nitrogen and oxygen atoms in total. The third-order valence-corrected chi connectivity index (χ3v) is 3.26. The summed E-state index contributed by atoms with van der Waals surface area (Å²) in [6.07, 6.45) is 0.278. The maximum Gasteiger partial charge on any atom is 0.235 e. The van der Waals surface area contributed by atoms with Crippen LogP contribution in [0.4, 0.5) is 0 Å². The molecule has 18 heavy (non-hydrogen) atoms. The van der Waals surface area contributed by atoms with Crippen molar-refractivity contribution in [1.82, 2.24) is 4.90 Å². The van der Waals surface area contributed by atoms with Gasteiger partial charge in [0.1, 0.15) is 0 Å². The molecule has 0 spiro atoms. The van der Waals surface area contributed by atoms with Crippen molar-refractivity contribution in [3.8, 4) is 0 Å². The summed E-state index contributed by atoms with van der Waals surface area (Å²) in [7, 11) is 0. The van der Waals surface area contributed by atoms with Crippen molar-refractivity contribution >= 4 is 11.8 Å². The van der Waals surface area contributed by atoms with Gasteiger partial charge in [0, 0.05) is 6.42 Å². The highest BCUT2D eigenvalue weighted by Gasteiger charge is 2.44. The minimum Gasteiger partial charge on any atom is -0.392 e. The van der Waals surface area contributed by atoms with Gasteiger partial charge in [0.05, 0.1) is 18.6 Å². The van der Waals surface area contributed by atoms with E-state index in [1.54, 1.807) is 26.0 Å². The van der Waals surface area contributed by atoms with E-state index in [4.69, 9.17) is 5.11 Å². The number of benzene rings is 1. The Bertz CT molecular complexity index is 476. The van der Waals surface area contributed by atoms with Crippen molar-refractivity contribution in [1.29, 1.82) is 0 Å². The van der Waals surface area contributed by atoms with Gasteiger partial charge in [-0.15, -0.1) is 0 Å². The SMILES string of the molecule is CC1(C)CC(=O)N(Cc2ccc(CO)cc2)C1=O. The summed E-state index contributed by atoms with van der Waals surface area (Å²) < 4.78 is 0. The number of aliphatic hydroxyl groups is 1. The standard InChI is InChI=1S/C14H17NO3/c1-14(2)7-12(17)15(13(14)18)8-10-3-5-11(9-16)6-4-10/h3-6,16H,7-9H2,1-2H3. The second-order valence-corrected chi connectivity index (χ2v) is 5.32. The molecule has 0 atom stereocenters. The Kier molecular flexibility index (Phi) is 3.22. The van der Waals surface area contributed by atoms with Crippen molar-refractivity contribution in [3.05, 3.63) is 35.4 Å². The number of likely N-dealkylation sites (tertiary alicyclic amines) is 1. The maximum atomic E-state index is 12.0. The molecule has 1 saturated heterocycles.